The van der Waals surface area contributed by atoms with E-state index in [1.165, 1.54) is 16.8 Å². The molecule has 3 heterocycles. The Kier molecular flexibility index (Phi) is 4.92. The van der Waals surface area contributed by atoms with Crippen LogP contribution in [-0.4, -0.2) is 70.7 Å². The summed E-state index contributed by atoms with van der Waals surface area (Å²) >= 11 is 0. The van der Waals surface area contributed by atoms with Crippen molar-refractivity contribution < 1.29 is 9.53 Å². The second-order valence-electron chi connectivity index (χ2n) is 6.03. The molecule has 23 heavy (non-hydrogen) atoms. The van der Waals surface area contributed by atoms with Gasteiger partial charge < -0.3 is 9.64 Å². The molecule has 8 heteroatoms. The molecule has 2 aliphatic heterocycles. The predicted octanol–water partition coefficient (Wildman–Crippen LogP) is -1.14. The van der Waals surface area contributed by atoms with Gasteiger partial charge in [-0.05, 0) is 12.8 Å². The molecule has 0 bridgehead atoms. The van der Waals surface area contributed by atoms with Gasteiger partial charge in [-0.3, -0.25) is 24.0 Å². The summed E-state index contributed by atoms with van der Waals surface area (Å²) in [5.74, 6) is -0.0742. The van der Waals surface area contributed by atoms with Crippen LogP contribution in [0.1, 0.15) is 12.8 Å². The number of ether oxygens (including phenoxy) is 1. The highest BCUT2D eigenvalue weighted by Crippen LogP contribution is 2.19. The third kappa shape index (κ3) is 3.89. The smallest absolute Gasteiger partial charge is 0.328 e. The lowest BCUT2D eigenvalue weighted by atomic mass is 10.2. The van der Waals surface area contributed by atoms with Gasteiger partial charge in [0.15, 0.2) is 0 Å². The number of nitrogens with zero attached hydrogens (tertiary/aromatic N) is 3. The van der Waals surface area contributed by atoms with Gasteiger partial charge in [0, 0.05) is 44.5 Å². The molecule has 0 aliphatic carbocycles. The molecule has 0 spiro atoms. The van der Waals surface area contributed by atoms with Gasteiger partial charge in [0.2, 0.25) is 5.91 Å². The molecule has 1 amide bonds. The standard InChI is InChI=1S/C15H22N4O4/c20-13-3-5-18(15(22)16-13)11-14(21)19-4-1-2-12(19)10-17-6-8-23-9-7-17/h3,5,12H,1-2,4,6-11H2,(H,16,20,22). The van der Waals surface area contributed by atoms with Crippen LogP contribution in [0.4, 0.5) is 0 Å². The van der Waals surface area contributed by atoms with Crippen LogP contribution in [0.5, 0.6) is 0 Å². The van der Waals surface area contributed by atoms with Gasteiger partial charge >= 0.3 is 5.69 Å². The SMILES string of the molecule is O=C(Cn1ccc(=O)[nH]c1=O)N1CCCC1CN1CCOCC1. The maximum atomic E-state index is 12.5. The average molecular weight is 322 g/mol. The largest absolute Gasteiger partial charge is 0.379 e. The lowest BCUT2D eigenvalue weighted by Crippen LogP contribution is -2.48. The van der Waals surface area contributed by atoms with Crippen molar-refractivity contribution in [3.05, 3.63) is 33.1 Å². The summed E-state index contributed by atoms with van der Waals surface area (Å²) in [7, 11) is 0. The minimum absolute atomic E-state index is 0.0325. The van der Waals surface area contributed by atoms with Gasteiger partial charge in [-0.25, -0.2) is 4.79 Å². The highest BCUT2D eigenvalue weighted by Gasteiger charge is 2.30. The Hall–Kier alpha value is -1.93. The van der Waals surface area contributed by atoms with Crippen molar-refractivity contribution in [2.75, 3.05) is 39.4 Å². The molecule has 1 aromatic rings. The van der Waals surface area contributed by atoms with Crippen molar-refractivity contribution in [1.82, 2.24) is 19.4 Å². The highest BCUT2D eigenvalue weighted by molar-refractivity contribution is 5.76. The van der Waals surface area contributed by atoms with Crippen LogP contribution in [0.3, 0.4) is 0 Å². The lowest BCUT2D eigenvalue weighted by Gasteiger charge is -2.33. The first-order chi connectivity index (χ1) is 11.1. The number of morpholine rings is 1. The van der Waals surface area contributed by atoms with Crippen molar-refractivity contribution in [2.45, 2.75) is 25.4 Å². The highest BCUT2D eigenvalue weighted by atomic mass is 16.5. The van der Waals surface area contributed by atoms with Gasteiger partial charge in [-0.15, -0.1) is 0 Å². The van der Waals surface area contributed by atoms with Crippen LogP contribution in [-0.2, 0) is 16.1 Å². The summed E-state index contributed by atoms with van der Waals surface area (Å²) in [6.07, 6.45) is 3.34. The average Bonchev–Trinajstić information content (AvgIpc) is 2.99. The topological polar surface area (TPSA) is 87.6 Å². The molecule has 1 N–H and O–H groups in total. The maximum Gasteiger partial charge on any atom is 0.328 e. The van der Waals surface area contributed by atoms with Gasteiger partial charge in [-0.1, -0.05) is 0 Å². The molecule has 3 rings (SSSR count). The molecular weight excluding hydrogens is 300 g/mol. The first-order valence-corrected chi connectivity index (χ1v) is 8.03. The van der Waals surface area contributed by atoms with Gasteiger partial charge in [0.1, 0.15) is 6.54 Å². The molecule has 8 nitrogen and oxygen atoms in total. The van der Waals surface area contributed by atoms with Crippen molar-refractivity contribution >= 4 is 5.91 Å². The number of hydrogen-bond donors (Lipinski definition) is 1. The number of aromatic nitrogens is 2. The van der Waals surface area contributed by atoms with E-state index >= 15 is 0 Å². The van der Waals surface area contributed by atoms with Crippen molar-refractivity contribution in [3.63, 3.8) is 0 Å². The molecule has 2 saturated heterocycles. The Bertz CT molecular complexity index is 662. The number of H-pyrrole nitrogens is 1. The van der Waals surface area contributed by atoms with Crippen LogP contribution in [0.25, 0.3) is 0 Å². The van der Waals surface area contributed by atoms with Crippen molar-refractivity contribution in [1.29, 1.82) is 0 Å². The van der Waals surface area contributed by atoms with Gasteiger partial charge in [-0.2, -0.15) is 0 Å². The molecule has 2 fully saturated rings. The van der Waals surface area contributed by atoms with Crippen molar-refractivity contribution in [3.8, 4) is 0 Å². The van der Waals surface area contributed by atoms with E-state index in [0.29, 0.717) is 0 Å². The Morgan fingerprint density at radius 1 is 1.26 bits per heavy atom. The molecule has 1 atom stereocenters. The van der Waals surface area contributed by atoms with Crippen LogP contribution in [0, 0.1) is 0 Å². The summed E-state index contributed by atoms with van der Waals surface area (Å²) in [5, 5.41) is 0. The molecule has 0 aromatic carbocycles. The zero-order valence-corrected chi connectivity index (χ0v) is 13.1. The van der Waals surface area contributed by atoms with E-state index in [9.17, 15) is 14.4 Å². The van der Waals surface area contributed by atoms with Crippen LogP contribution >= 0.6 is 0 Å². The summed E-state index contributed by atoms with van der Waals surface area (Å²) in [6.45, 7) is 4.84. The molecule has 126 valence electrons. The number of carbonyl (C=O) groups excluding carboxylic acids is 1. The Morgan fingerprint density at radius 2 is 2.04 bits per heavy atom. The van der Waals surface area contributed by atoms with E-state index in [1.807, 2.05) is 4.90 Å². The minimum Gasteiger partial charge on any atom is -0.379 e. The number of hydrogen-bond acceptors (Lipinski definition) is 5. The van der Waals surface area contributed by atoms with E-state index in [-0.39, 0.29) is 18.5 Å². The zero-order valence-electron chi connectivity index (χ0n) is 13.1. The third-order valence-electron chi connectivity index (χ3n) is 4.47. The summed E-state index contributed by atoms with van der Waals surface area (Å²) in [4.78, 5) is 41.7. The number of likely N-dealkylation sites (tertiary alicyclic amines) is 1. The lowest BCUT2D eigenvalue weighted by molar-refractivity contribution is -0.133. The minimum atomic E-state index is -0.547. The molecule has 1 aromatic heterocycles. The number of carbonyl (C=O) groups is 1. The number of nitrogens with one attached hydrogen (secondary N) is 1. The normalized spacial score (nSPS) is 22.4. The fourth-order valence-electron chi connectivity index (χ4n) is 3.24. The quantitative estimate of drug-likeness (QED) is 0.757. The second kappa shape index (κ2) is 7.10. The fraction of sp³-hybridized carbons (Fsp3) is 0.667. The van der Waals surface area contributed by atoms with Crippen LogP contribution < -0.4 is 11.2 Å². The predicted molar refractivity (Wildman–Crippen MR) is 83.3 cm³/mol. The fourth-order valence-corrected chi connectivity index (χ4v) is 3.24. The van der Waals surface area contributed by atoms with E-state index < -0.39 is 11.2 Å². The monoisotopic (exact) mass is 322 g/mol. The molecular formula is C15H22N4O4. The third-order valence-corrected chi connectivity index (χ3v) is 4.47. The van der Waals surface area contributed by atoms with E-state index in [4.69, 9.17) is 4.74 Å². The number of amides is 1. The summed E-state index contributed by atoms with van der Waals surface area (Å²) < 4.78 is 6.59. The molecule has 0 saturated carbocycles. The van der Waals surface area contributed by atoms with Crippen LogP contribution in [0.15, 0.2) is 21.9 Å². The van der Waals surface area contributed by atoms with E-state index in [0.717, 1.165) is 52.2 Å². The van der Waals surface area contributed by atoms with Gasteiger partial charge in [0.25, 0.3) is 5.56 Å². The van der Waals surface area contributed by atoms with Gasteiger partial charge in [0.05, 0.1) is 13.2 Å². The van der Waals surface area contributed by atoms with E-state index in [2.05, 4.69) is 9.88 Å². The molecule has 2 aliphatic rings. The van der Waals surface area contributed by atoms with Crippen molar-refractivity contribution in [2.24, 2.45) is 0 Å². The Labute approximate surface area is 133 Å². The second-order valence-corrected chi connectivity index (χ2v) is 6.03. The Balaban J connectivity index is 1.63. The number of aromatic amines is 1. The van der Waals surface area contributed by atoms with Crippen LogP contribution in [0.2, 0.25) is 0 Å². The molecule has 0 radical (unpaired) electrons. The zero-order chi connectivity index (χ0) is 16.2. The number of rotatable bonds is 4. The summed E-state index contributed by atoms with van der Waals surface area (Å²) in [6, 6.07) is 1.45. The first kappa shape index (κ1) is 15.9. The molecule has 1 unspecified atom stereocenters. The van der Waals surface area contributed by atoms with E-state index in [1.54, 1.807) is 0 Å². The Morgan fingerprint density at radius 3 is 2.78 bits per heavy atom. The summed E-state index contributed by atoms with van der Waals surface area (Å²) in [5.41, 5.74) is -1.00. The maximum absolute atomic E-state index is 12.5. The first-order valence-electron chi connectivity index (χ1n) is 8.03.